The van der Waals surface area contributed by atoms with Gasteiger partial charge in [-0.25, -0.2) is 0 Å². The zero-order valence-corrected chi connectivity index (χ0v) is 24.8. The van der Waals surface area contributed by atoms with Crippen molar-refractivity contribution in [2.75, 3.05) is 9.80 Å². The zero-order chi connectivity index (χ0) is 28.6. The minimum Gasteiger partial charge on any atom is -0.508 e. The first-order valence-electron chi connectivity index (χ1n) is 13.5. The third-order valence-corrected chi connectivity index (χ3v) is 10.1. The van der Waals surface area contributed by atoms with E-state index in [0.29, 0.717) is 24.2 Å². The lowest BCUT2D eigenvalue weighted by Crippen LogP contribution is -2.43. The van der Waals surface area contributed by atoms with E-state index in [1.54, 1.807) is 66.7 Å². The molecule has 0 radical (unpaired) electrons. The van der Waals surface area contributed by atoms with E-state index >= 15 is 0 Å². The summed E-state index contributed by atoms with van der Waals surface area (Å²) in [6, 6.07) is 20.9. The van der Waals surface area contributed by atoms with Gasteiger partial charge in [0.1, 0.15) is 5.75 Å². The van der Waals surface area contributed by atoms with E-state index in [1.165, 1.54) is 9.80 Å². The van der Waals surface area contributed by atoms with Crippen molar-refractivity contribution in [3.05, 3.63) is 99.0 Å². The normalized spacial score (nSPS) is 28.9. The van der Waals surface area contributed by atoms with Gasteiger partial charge in [0.15, 0.2) is 0 Å². The van der Waals surface area contributed by atoms with Crippen molar-refractivity contribution in [2.24, 2.45) is 29.6 Å². The molecule has 41 heavy (non-hydrogen) atoms. The van der Waals surface area contributed by atoms with Crippen LogP contribution < -0.4 is 9.80 Å². The number of halogens is 2. The lowest BCUT2D eigenvalue weighted by molar-refractivity contribution is -0.126. The van der Waals surface area contributed by atoms with Gasteiger partial charge in [0, 0.05) is 14.9 Å². The number of phenolic OH excluding ortho intramolecular Hbond substituents is 1. The second kappa shape index (κ2) is 9.77. The van der Waals surface area contributed by atoms with Crippen LogP contribution in [-0.2, 0) is 19.2 Å². The molecule has 0 aromatic heterocycles. The first-order valence-corrected chi connectivity index (χ1v) is 15.1. The van der Waals surface area contributed by atoms with E-state index in [9.17, 15) is 24.3 Å². The molecule has 1 N–H and O–H groups in total. The number of carbonyl (C=O) groups is 4. The fourth-order valence-electron chi connectivity index (χ4n) is 7.37. The minimum absolute atomic E-state index is 0.0607. The molecular formula is C32H24Br2N2O5. The number of hydrogen-bond acceptors (Lipinski definition) is 5. The van der Waals surface area contributed by atoms with E-state index in [2.05, 4.69) is 31.9 Å². The molecule has 0 bridgehead atoms. The van der Waals surface area contributed by atoms with E-state index in [-0.39, 0.29) is 35.3 Å². The van der Waals surface area contributed by atoms with Crippen LogP contribution in [0.15, 0.2) is 93.4 Å². The van der Waals surface area contributed by atoms with Gasteiger partial charge in [-0.05, 0) is 85.0 Å². The highest BCUT2D eigenvalue weighted by atomic mass is 79.9. The molecule has 3 aromatic carbocycles. The summed E-state index contributed by atoms with van der Waals surface area (Å²) in [6.45, 7) is 0. The third-order valence-electron chi connectivity index (χ3n) is 9.05. The lowest BCUT2D eigenvalue weighted by atomic mass is 9.57. The fraction of sp³-hybridized carbons (Fsp3) is 0.250. The van der Waals surface area contributed by atoms with Crippen LogP contribution in [0.2, 0.25) is 0 Å². The van der Waals surface area contributed by atoms with Gasteiger partial charge in [-0.2, -0.15) is 0 Å². The molecule has 4 amide bonds. The molecule has 1 saturated carbocycles. The summed E-state index contributed by atoms with van der Waals surface area (Å²) in [6.07, 6.45) is 2.68. The van der Waals surface area contributed by atoms with Crippen molar-refractivity contribution in [1.82, 2.24) is 0 Å². The second-order valence-corrected chi connectivity index (χ2v) is 12.9. The second-order valence-electron chi connectivity index (χ2n) is 11.1. The SMILES string of the molecule is O=C1C2CC=C3C(CC4C(=O)N(c5ccc(Br)cc5)C(=O)C4C3c3cccc(O)c3)C2C(=O)N1c1ccc(Br)cc1. The highest BCUT2D eigenvalue weighted by molar-refractivity contribution is 9.10. The average molecular weight is 676 g/mol. The number of phenols is 1. The van der Waals surface area contributed by atoms with Crippen LogP contribution in [0.5, 0.6) is 5.75 Å². The van der Waals surface area contributed by atoms with Crippen LogP contribution in [0.1, 0.15) is 24.3 Å². The summed E-state index contributed by atoms with van der Waals surface area (Å²) in [5.74, 6) is -4.43. The molecule has 0 spiro atoms. The Labute approximate surface area is 253 Å². The number of amides is 4. The van der Waals surface area contributed by atoms with E-state index in [1.807, 2.05) is 12.1 Å². The molecule has 6 atom stereocenters. The number of imide groups is 2. The Kier molecular flexibility index (Phi) is 6.28. The Morgan fingerprint density at radius 1 is 0.659 bits per heavy atom. The number of nitrogens with zero attached hydrogens (tertiary/aromatic N) is 2. The Morgan fingerprint density at radius 3 is 1.80 bits per heavy atom. The van der Waals surface area contributed by atoms with Gasteiger partial charge in [-0.15, -0.1) is 0 Å². The highest BCUT2D eigenvalue weighted by Crippen LogP contribution is 2.58. The molecule has 2 saturated heterocycles. The van der Waals surface area contributed by atoms with Gasteiger partial charge in [-0.1, -0.05) is 55.6 Å². The van der Waals surface area contributed by atoms with Gasteiger partial charge in [0.2, 0.25) is 23.6 Å². The van der Waals surface area contributed by atoms with Crippen LogP contribution in [0, 0.1) is 29.6 Å². The maximum absolute atomic E-state index is 14.1. The topological polar surface area (TPSA) is 95.0 Å². The molecule has 206 valence electrons. The summed E-state index contributed by atoms with van der Waals surface area (Å²) in [5, 5.41) is 10.4. The zero-order valence-electron chi connectivity index (χ0n) is 21.6. The first-order chi connectivity index (χ1) is 19.7. The summed E-state index contributed by atoms with van der Waals surface area (Å²) >= 11 is 6.82. The smallest absolute Gasteiger partial charge is 0.238 e. The lowest BCUT2D eigenvalue weighted by Gasteiger charge is -2.44. The number of fused-ring (bicyclic) bond motifs is 4. The Balaban J connectivity index is 1.33. The predicted octanol–water partition coefficient (Wildman–Crippen LogP) is 5.96. The predicted molar refractivity (Wildman–Crippen MR) is 159 cm³/mol. The molecule has 2 aliphatic heterocycles. The van der Waals surface area contributed by atoms with E-state index in [0.717, 1.165) is 20.1 Å². The number of carbonyl (C=O) groups excluding carboxylic acids is 4. The fourth-order valence-corrected chi connectivity index (χ4v) is 7.90. The maximum Gasteiger partial charge on any atom is 0.238 e. The molecule has 7 rings (SSSR count). The molecule has 4 aliphatic rings. The first kappa shape index (κ1) is 26.3. The number of allylic oxidation sites excluding steroid dienone is 2. The number of rotatable bonds is 3. The van der Waals surface area contributed by atoms with Crippen molar-refractivity contribution in [3.63, 3.8) is 0 Å². The third kappa shape index (κ3) is 4.04. The quantitative estimate of drug-likeness (QED) is 0.273. The van der Waals surface area contributed by atoms with Crippen molar-refractivity contribution >= 4 is 66.9 Å². The number of aromatic hydroxyl groups is 1. The molecule has 6 unspecified atom stereocenters. The summed E-state index contributed by atoms with van der Waals surface area (Å²) in [7, 11) is 0. The highest BCUT2D eigenvalue weighted by Gasteiger charge is 2.62. The van der Waals surface area contributed by atoms with Crippen LogP contribution in [0.3, 0.4) is 0 Å². The molecular weight excluding hydrogens is 652 g/mol. The van der Waals surface area contributed by atoms with Gasteiger partial charge >= 0.3 is 0 Å². The monoisotopic (exact) mass is 674 g/mol. The molecule has 3 aromatic rings. The van der Waals surface area contributed by atoms with Crippen LogP contribution in [-0.4, -0.2) is 28.7 Å². The standard InChI is InChI=1S/C32H24Br2N2O5/c33-17-4-8-19(9-5-17)35-29(38)23-13-12-22-24(27(23)31(35)40)15-25-28(26(22)16-2-1-3-21(37)14-16)32(41)36(30(25)39)20-10-6-18(34)7-11-20/h1-12,14,23-28,37H,13,15H2. The van der Waals surface area contributed by atoms with Crippen LogP contribution in [0.25, 0.3) is 0 Å². The van der Waals surface area contributed by atoms with Gasteiger partial charge in [-0.3, -0.25) is 29.0 Å². The summed E-state index contributed by atoms with van der Waals surface area (Å²) < 4.78 is 1.67. The van der Waals surface area contributed by atoms with Gasteiger partial charge < -0.3 is 5.11 Å². The maximum atomic E-state index is 14.1. The molecule has 9 heteroatoms. The number of benzene rings is 3. The Bertz CT molecular complexity index is 1650. The summed E-state index contributed by atoms with van der Waals surface area (Å²) in [5.41, 5.74) is 2.63. The van der Waals surface area contributed by atoms with E-state index < -0.39 is 29.6 Å². The van der Waals surface area contributed by atoms with Crippen molar-refractivity contribution in [1.29, 1.82) is 0 Å². The van der Waals surface area contributed by atoms with Crippen molar-refractivity contribution in [3.8, 4) is 5.75 Å². The molecule has 2 heterocycles. The molecule has 2 aliphatic carbocycles. The van der Waals surface area contributed by atoms with Crippen LogP contribution in [0.4, 0.5) is 11.4 Å². The summed E-state index contributed by atoms with van der Waals surface area (Å²) in [4.78, 5) is 58.2. The van der Waals surface area contributed by atoms with E-state index in [4.69, 9.17) is 0 Å². The Hall–Kier alpha value is -3.56. The van der Waals surface area contributed by atoms with Gasteiger partial charge in [0.25, 0.3) is 0 Å². The van der Waals surface area contributed by atoms with Crippen molar-refractivity contribution in [2.45, 2.75) is 18.8 Å². The largest absolute Gasteiger partial charge is 0.508 e. The van der Waals surface area contributed by atoms with Crippen LogP contribution >= 0.6 is 31.9 Å². The number of anilines is 2. The van der Waals surface area contributed by atoms with Gasteiger partial charge in [0.05, 0.1) is 35.0 Å². The number of hydrogen-bond donors (Lipinski definition) is 1. The molecule has 3 fully saturated rings. The molecule has 7 nitrogen and oxygen atoms in total. The average Bonchev–Trinajstić information content (AvgIpc) is 3.37. The minimum atomic E-state index is -0.679. The van der Waals surface area contributed by atoms with Crippen molar-refractivity contribution < 1.29 is 24.3 Å². The Morgan fingerprint density at radius 2 is 1.22 bits per heavy atom.